The summed E-state index contributed by atoms with van der Waals surface area (Å²) >= 11 is 0. The lowest BCUT2D eigenvalue weighted by molar-refractivity contribution is 0.0566. The van der Waals surface area contributed by atoms with Crippen LogP contribution in [0.5, 0.6) is 6.01 Å². The van der Waals surface area contributed by atoms with Crippen LogP contribution in [0.4, 0.5) is 8.78 Å². The van der Waals surface area contributed by atoms with Crippen molar-refractivity contribution in [3.63, 3.8) is 0 Å². The molecule has 1 aliphatic heterocycles. The number of hydrogen-bond donors (Lipinski definition) is 1. The molecule has 0 amide bonds. The Bertz CT molecular complexity index is 1820. The normalized spacial score (nSPS) is 12.8. The average Bonchev–Trinajstić information content (AvgIpc) is 3.74. The summed E-state index contributed by atoms with van der Waals surface area (Å²) < 4.78 is 34.3. The Morgan fingerprint density at radius 2 is 1.85 bits per heavy atom. The standard InChI is InChI=1S/C29H23F2N7O3/c1-2-41-29-35-24-5-3-4-22(27(39)40)25(24)37(29)14-17-6-8-18(9-7-17)23-12-19(20-13-34-38(15-20)28(30)31)10-11-21(23)26-32-16-33-36-26/h3-13,15,28H,2,14,16H2,1H3,(H,39,40). The number of aliphatic imine (C=N–C) groups is 1. The third-order valence-electron chi connectivity index (χ3n) is 6.69. The first kappa shape index (κ1) is 26.0. The van der Waals surface area contributed by atoms with Crippen LogP contribution in [-0.4, -0.2) is 49.5 Å². The number of hydrogen-bond acceptors (Lipinski definition) is 7. The summed E-state index contributed by atoms with van der Waals surface area (Å²) in [5, 5.41) is 21.7. The summed E-state index contributed by atoms with van der Waals surface area (Å²) in [5.74, 6) is -0.556. The number of para-hydroxylation sites is 1. The number of halogens is 2. The molecule has 5 aromatic rings. The summed E-state index contributed by atoms with van der Waals surface area (Å²) in [6, 6.07) is 18.6. The topological polar surface area (TPSA) is 119 Å². The summed E-state index contributed by atoms with van der Waals surface area (Å²) in [5.41, 5.74) is 5.72. The second-order valence-corrected chi connectivity index (χ2v) is 9.20. The minimum Gasteiger partial charge on any atom is -0.478 e. The van der Waals surface area contributed by atoms with Gasteiger partial charge in [0.2, 0.25) is 0 Å². The molecule has 41 heavy (non-hydrogen) atoms. The highest BCUT2D eigenvalue weighted by molar-refractivity contribution is 6.06. The number of carboxylic acids is 1. The van der Waals surface area contributed by atoms with Gasteiger partial charge in [-0.25, -0.2) is 14.5 Å². The molecule has 0 aliphatic carbocycles. The van der Waals surface area contributed by atoms with E-state index >= 15 is 0 Å². The Balaban J connectivity index is 1.39. The van der Waals surface area contributed by atoms with Crippen LogP contribution in [0.3, 0.4) is 0 Å². The van der Waals surface area contributed by atoms with Gasteiger partial charge in [-0.2, -0.15) is 24.0 Å². The smallest absolute Gasteiger partial charge is 0.337 e. The predicted molar refractivity (Wildman–Crippen MR) is 148 cm³/mol. The number of azo groups is 1. The zero-order valence-corrected chi connectivity index (χ0v) is 21.8. The number of carbonyl (C=O) groups is 1. The minimum absolute atomic E-state index is 0.140. The summed E-state index contributed by atoms with van der Waals surface area (Å²) in [6.45, 7) is 0.0641. The minimum atomic E-state index is -2.73. The van der Waals surface area contributed by atoms with Crippen molar-refractivity contribution in [1.29, 1.82) is 0 Å². The first-order valence-electron chi connectivity index (χ1n) is 12.8. The molecule has 0 saturated carbocycles. The number of aromatic nitrogens is 4. The first-order valence-corrected chi connectivity index (χ1v) is 12.8. The highest BCUT2D eigenvalue weighted by Crippen LogP contribution is 2.33. The number of nitrogens with zero attached hydrogens (tertiary/aromatic N) is 7. The number of carboxylic acid groups (broad SMARTS) is 1. The van der Waals surface area contributed by atoms with Gasteiger partial charge in [-0.3, -0.25) is 4.57 Å². The molecule has 10 nitrogen and oxygen atoms in total. The van der Waals surface area contributed by atoms with Crippen LogP contribution in [0.2, 0.25) is 0 Å². The third kappa shape index (κ3) is 4.95. The lowest BCUT2D eigenvalue weighted by atomic mass is 9.94. The Morgan fingerprint density at radius 3 is 2.54 bits per heavy atom. The van der Waals surface area contributed by atoms with Crippen molar-refractivity contribution in [2.24, 2.45) is 15.2 Å². The molecule has 12 heteroatoms. The summed E-state index contributed by atoms with van der Waals surface area (Å²) in [6.07, 6.45) is 2.70. The van der Waals surface area contributed by atoms with Crippen LogP contribution in [0.25, 0.3) is 33.3 Å². The van der Waals surface area contributed by atoms with E-state index in [9.17, 15) is 18.7 Å². The Morgan fingerprint density at radius 1 is 1.05 bits per heavy atom. The van der Waals surface area contributed by atoms with E-state index in [0.717, 1.165) is 22.3 Å². The quantitative estimate of drug-likeness (QED) is 0.230. The van der Waals surface area contributed by atoms with Crippen LogP contribution < -0.4 is 4.74 Å². The van der Waals surface area contributed by atoms with E-state index < -0.39 is 12.5 Å². The fraction of sp³-hybridized carbons (Fsp3) is 0.172. The maximum Gasteiger partial charge on any atom is 0.337 e. The van der Waals surface area contributed by atoms with Crippen molar-refractivity contribution in [2.75, 3.05) is 13.3 Å². The lowest BCUT2D eigenvalue weighted by Gasteiger charge is -2.13. The van der Waals surface area contributed by atoms with Crippen LogP contribution in [0.15, 0.2) is 88.3 Å². The molecule has 3 aromatic carbocycles. The molecule has 1 N–H and O–H groups in total. The molecule has 3 heterocycles. The third-order valence-corrected chi connectivity index (χ3v) is 6.69. The van der Waals surface area contributed by atoms with E-state index in [2.05, 4.69) is 25.3 Å². The number of benzene rings is 3. The number of amidine groups is 1. The monoisotopic (exact) mass is 555 g/mol. The van der Waals surface area contributed by atoms with E-state index in [1.54, 1.807) is 22.8 Å². The maximum absolute atomic E-state index is 13.1. The Hall–Kier alpha value is -5.26. The predicted octanol–water partition coefficient (Wildman–Crippen LogP) is 6.28. The second kappa shape index (κ2) is 10.7. The molecule has 0 unspecified atom stereocenters. The van der Waals surface area contributed by atoms with Crippen molar-refractivity contribution in [2.45, 2.75) is 20.0 Å². The zero-order chi connectivity index (χ0) is 28.5. The van der Waals surface area contributed by atoms with Gasteiger partial charge in [0, 0.05) is 17.3 Å². The first-order chi connectivity index (χ1) is 19.9. The fourth-order valence-corrected chi connectivity index (χ4v) is 4.81. The van der Waals surface area contributed by atoms with Crippen LogP contribution in [0, 0.1) is 0 Å². The van der Waals surface area contributed by atoms with Crippen LogP contribution >= 0.6 is 0 Å². The highest BCUT2D eigenvalue weighted by Gasteiger charge is 2.20. The molecule has 0 radical (unpaired) electrons. The fourth-order valence-electron chi connectivity index (χ4n) is 4.81. The number of ether oxygens (including phenoxy) is 1. The molecule has 6 rings (SSSR count). The van der Waals surface area contributed by atoms with Crippen LogP contribution in [0.1, 0.15) is 35.0 Å². The van der Waals surface area contributed by atoms with E-state index in [4.69, 9.17) is 4.74 Å². The van der Waals surface area contributed by atoms with Crippen LogP contribution in [-0.2, 0) is 6.54 Å². The van der Waals surface area contributed by atoms with Gasteiger partial charge < -0.3 is 9.84 Å². The maximum atomic E-state index is 13.1. The van der Waals surface area contributed by atoms with Crippen molar-refractivity contribution >= 4 is 22.8 Å². The SMILES string of the molecule is CCOc1nc2cccc(C(=O)O)c2n1Cc1ccc(-c2cc(-c3cnn(C(F)F)c3)ccc2C2=NCN=N2)cc1. The zero-order valence-electron chi connectivity index (χ0n) is 21.8. The molecule has 0 saturated heterocycles. The highest BCUT2D eigenvalue weighted by atomic mass is 19.3. The lowest BCUT2D eigenvalue weighted by Crippen LogP contribution is -2.08. The molecule has 0 bridgehead atoms. The van der Waals surface area contributed by atoms with Gasteiger partial charge >= 0.3 is 12.5 Å². The molecule has 0 atom stereocenters. The van der Waals surface area contributed by atoms with Gasteiger partial charge in [0.25, 0.3) is 6.01 Å². The Kier molecular flexibility index (Phi) is 6.79. The van der Waals surface area contributed by atoms with E-state index in [1.165, 1.54) is 12.4 Å². The molecule has 1 aliphatic rings. The average molecular weight is 556 g/mol. The second-order valence-electron chi connectivity index (χ2n) is 9.20. The van der Waals surface area contributed by atoms with E-state index in [0.29, 0.717) is 51.8 Å². The van der Waals surface area contributed by atoms with Gasteiger partial charge in [0.15, 0.2) is 12.5 Å². The largest absolute Gasteiger partial charge is 0.478 e. The molecule has 206 valence electrons. The number of rotatable bonds is 9. The summed E-state index contributed by atoms with van der Waals surface area (Å²) in [4.78, 5) is 20.8. The van der Waals surface area contributed by atoms with Crippen molar-refractivity contribution in [3.05, 3.63) is 89.7 Å². The molecule has 0 fully saturated rings. The molecule has 0 spiro atoms. The van der Waals surface area contributed by atoms with Gasteiger partial charge in [0.05, 0.1) is 35.9 Å². The van der Waals surface area contributed by atoms with Gasteiger partial charge in [0.1, 0.15) is 0 Å². The number of fused-ring (bicyclic) bond motifs is 1. The number of imidazole rings is 1. The van der Waals surface area contributed by atoms with Gasteiger partial charge in [-0.1, -0.05) is 36.4 Å². The summed E-state index contributed by atoms with van der Waals surface area (Å²) in [7, 11) is 0. The molecule has 2 aromatic heterocycles. The van der Waals surface area contributed by atoms with E-state index in [-0.39, 0.29) is 12.2 Å². The van der Waals surface area contributed by atoms with Crippen molar-refractivity contribution in [3.8, 4) is 28.3 Å². The Labute approximate surface area is 232 Å². The van der Waals surface area contributed by atoms with Crippen molar-refractivity contribution < 1.29 is 23.4 Å². The molecular weight excluding hydrogens is 532 g/mol. The van der Waals surface area contributed by atoms with Gasteiger partial charge in [-0.15, -0.1) is 5.11 Å². The van der Waals surface area contributed by atoms with Gasteiger partial charge in [-0.05, 0) is 53.4 Å². The van der Waals surface area contributed by atoms with E-state index in [1.807, 2.05) is 49.4 Å². The molecular formula is C29H23F2N7O3. The number of alkyl halides is 2. The number of aromatic carboxylic acids is 1. The van der Waals surface area contributed by atoms with Crippen molar-refractivity contribution in [1.82, 2.24) is 19.3 Å².